The normalized spacial score (nSPS) is 9.38. The van der Waals surface area contributed by atoms with Crippen LogP contribution in [0.4, 0.5) is 0 Å². The summed E-state index contributed by atoms with van der Waals surface area (Å²) < 4.78 is 4.83. The molecule has 0 fully saturated rings. The lowest BCUT2D eigenvalue weighted by atomic mass is 10.2. The summed E-state index contributed by atoms with van der Waals surface area (Å²) in [7, 11) is 2.98. The van der Waals surface area contributed by atoms with Gasteiger partial charge in [-0.25, -0.2) is 0 Å². The number of hydrogen-bond acceptors (Lipinski definition) is 3. The topological polar surface area (TPSA) is 58.6 Å². The maximum atomic E-state index is 11.1. The summed E-state index contributed by atoms with van der Waals surface area (Å²) in [5.74, 6) is 0.0780. The third-order valence-electron chi connectivity index (χ3n) is 1.67. The first-order valence-electron chi connectivity index (χ1n) is 3.78. The number of hydrogen-bond donors (Lipinski definition) is 2. The van der Waals surface area contributed by atoms with E-state index in [-0.39, 0.29) is 11.7 Å². The lowest BCUT2D eigenvalue weighted by Gasteiger charge is -2.04. The van der Waals surface area contributed by atoms with E-state index in [1.165, 1.54) is 20.2 Å². The van der Waals surface area contributed by atoms with Gasteiger partial charge in [-0.3, -0.25) is 4.79 Å². The van der Waals surface area contributed by atoms with Gasteiger partial charge in [0.15, 0.2) is 11.5 Å². The van der Waals surface area contributed by atoms with Crippen LogP contribution in [-0.4, -0.2) is 25.2 Å². The fourth-order valence-corrected chi connectivity index (χ4v) is 0.976. The van der Waals surface area contributed by atoms with Crippen LogP contribution in [0.5, 0.6) is 11.5 Å². The molecule has 1 aromatic carbocycles. The first-order valence-corrected chi connectivity index (χ1v) is 3.78. The van der Waals surface area contributed by atoms with Crippen molar-refractivity contribution in [2.45, 2.75) is 0 Å². The molecule has 0 saturated heterocycles. The van der Waals surface area contributed by atoms with Crippen molar-refractivity contribution >= 4 is 5.91 Å². The van der Waals surface area contributed by atoms with Gasteiger partial charge in [0.25, 0.3) is 5.91 Å². The second-order valence-corrected chi connectivity index (χ2v) is 2.47. The zero-order chi connectivity index (χ0) is 9.84. The zero-order valence-electron chi connectivity index (χ0n) is 7.50. The Labute approximate surface area is 76.1 Å². The molecule has 0 atom stereocenters. The van der Waals surface area contributed by atoms with E-state index in [9.17, 15) is 9.90 Å². The second-order valence-electron chi connectivity index (χ2n) is 2.47. The van der Waals surface area contributed by atoms with Crippen molar-refractivity contribution in [3.63, 3.8) is 0 Å². The van der Waals surface area contributed by atoms with E-state index in [0.717, 1.165) is 0 Å². The number of phenols is 1. The number of amides is 1. The summed E-state index contributed by atoms with van der Waals surface area (Å²) in [6.07, 6.45) is 0. The molecule has 0 spiro atoms. The van der Waals surface area contributed by atoms with Gasteiger partial charge < -0.3 is 15.2 Å². The van der Waals surface area contributed by atoms with Crippen molar-refractivity contribution in [1.82, 2.24) is 5.32 Å². The predicted octanol–water partition coefficient (Wildman–Crippen LogP) is 0.760. The minimum Gasteiger partial charge on any atom is -0.504 e. The largest absolute Gasteiger partial charge is 0.504 e. The highest BCUT2D eigenvalue weighted by atomic mass is 16.5. The quantitative estimate of drug-likeness (QED) is 0.708. The molecule has 0 aliphatic carbocycles. The molecular formula is C9H11NO3. The number of aromatic hydroxyl groups is 1. The van der Waals surface area contributed by atoms with Crippen LogP contribution in [-0.2, 0) is 0 Å². The third-order valence-corrected chi connectivity index (χ3v) is 1.67. The van der Waals surface area contributed by atoms with Crippen molar-refractivity contribution in [3.8, 4) is 11.5 Å². The molecule has 0 aliphatic heterocycles. The number of phenolic OH excluding ortho intramolecular Hbond substituents is 1. The summed E-state index contributed by atoms with van der Waals surface area (Å²) >= 11 is 0. The molecule has 70 valence electrons. The van der Waals surface area contributed by atoms with Gasteiger partial charge >= 0.3 is 0 Å². The first-order chi connectivity index (χ1) is 6.19. The first kappa shape index (κ1) is 9.38. The summed E-state index contributed by atoms with van der Waals surface area (Å²) in [5, 5.41) is 11.8. The van der Waals surface area contributed by atoms with E-state index >= 15 is 0 Å². The number of nitrogens with one attached hydrogen (secondary N) is 1. The molecular weight excluding hydrogens is 170 g/mol. The minimum atomic E-state index is -0.238. The van der Waals surface area contributed by atoms with E-state index in [2.05, 4.69) is 5.32 Å². The molecule has 0 radical (unpaired) electrons. The highest BCUT2D eigenvalue weighted by Gasteiger charge is 2.06. The van der Waals surface area contributed by atoms with Crippen LogP contribution in [0.2, 0.25) is 0 Å². The molecule has 1 aromatic rings. The van der Waals surface area contributed by atoms with Crippen LogP contribution >= 0.6 is 0 Å². The summed E-state index contributed by atoms with van der Waals surface area (Å²) in [6.45, 7) is 0. The van der Waals surface area contributed by atoms with Crippen molar-refractivity contribution in [2.24, 2.45) is 0 Å². The van der Waals surface area contributed by atoms with Crippen LogP contribution in [0.1, 0.15) is 10.4 Å². The van der Waals surface area contributed by atoms with Crippen LogP contribution < -0.4 is 10.1 Å². The Morgan fingerprint density at radius 3 is 2.69 bits per heavy atom. The van der Waals surface area contributed by atoms with Gasteiger partial charge in [0.2, 0.25) is 0 Å². The molecule has 0 unspecified atom stereocenters. The standard InChI is InChI=1S/C9H11NO3/c1-10-9(12)6-3-4-8(13-2)7(11)5-6/h3-5,11H,1-2H3,(H,10,12). The second kappa shape index (κ2) is 3.80. The third kappa shape index (κ3) is 1.90. The van der Waals surface area contributed by atoms with Gasteiger partial charge in [0.05, 0.1) is 7.11 Å². The summed E-state index contributed by atoms with van der Waals surface area (Å²) in [5.41, 5.74) is 0.404. The number of rotatable bonds is 2. The molecule has 4 nitrogen and oxygen atoms in total. The molecule has 0 bridgehead atoms. The average Bonchev–Trinajstić information content (AvgIpc) is 2.16. The molecule has 4 heteroatoms. The number of benzene rings is 1. The molecule has 0 saturated carbocycles. The lowest BCUT2D eigenvalue weighted by molar-refractivity contribution is 0.0962. The number of carbonyl (C=O) groups excluding carboxylic acids is 1. The van der Waals surface area contributed by atoms with Gasteiger partial charge in [0.1, 0.15) is 0 Å². The van der Waals surface area contributed by atoms with Crippen LogP contribution in [0.3, 0.4) is 0 Å². The Morgan fingerprint density at radius 1 is 1.54 bits per heavy atom. The Morgan fingerprint density at radius 2 is 2.23 bits per heavy atom. The lowest BCUT2D eigenvalue weighted by Crippen LogP contribution is -2.17. The number of ether oxygens (including phenoxy) is 1. The van der Waals surface area contributed by atoms with E-state index in [1.54, 1.807) is 12.1 Å². The van der Waals surface area contributed by atoms with Crippen molar-refractivity contribution in [3.05, 3.63) is 23.8 Å². The predicted molar refractivity (Wildman–Crippen MR) is 48.0 cm³/mol. The number of carbonyl (C=O) groups is 1. The van der Waals surface area contributed by atoms with Gasteiger partial charge in [0, 0.05) is 12.6 Å². The molecule has 0 aliphatic rings. The van der Waals surface area contributed by atoms with Crippen LogP contribution in [0.25, 0.3) is 0 Å². The molecule has 1 amide bonds. The SMILES string of the molecule is CNC(=O)c1ccc(OC)c(O)c1. The maximum Gasteiger partial charge on any atom is 0.251 e. The Balaban J connectivity index is 3.02. The zero-order valence-corrected chi connectivity index (χ0v) is 7.50. The van der Waals surface area contributed by atoms with Crippen molar-refractivity contribution in [1.29, 1.82) is 0 Å². The van der Waals surface area contributed by atoms with E-state index < -0.39 is 0 Å². The summed E-state index contributed by atoms with van der Waals surface area (Å²) in [6, 6.07) is 4.48. The Bertz CT molecular complexity index is 323. The molecule has 0 aromatic heterocycles. The smallest absolute Gasteiger partial charge is 0.251 e. The Hall–Kier alpha value is -1.71. The molecule has 1 rings (SSSR count). The summed E-state index contributed by atoms with van der Waals surface area (Å²) in [4.78, 5) is 11.1. The van der Waals surface area contributed by atoms with Crippen molar-refractivity contribution < 1.29 is 14.6 Å². The number of methoxy groups -OCH3 is 1. The van der Waals surface area contributed by atoms with Crippen LogP contribution in [0.15, 0.2) is 18.2 Å². The highest BCUT2D eigenvalue weighted by molar-refractivity contribution is 5.94. The minimum absolute atomic E-state index is 0.0383. The van der Waals surface area contributed by atoms with Crippen molar-refractivity contribution in [2.75, 3.05) is 14.2 Å². The Kier molecular flexibility index (Phi) is 2.74. The van der Waals surface area contributed by atoms with Gasteiger partial charge in [-0.1, -0.05) is 0 Å². The van der Waals surface area contributed by atoms with E-state index in [0.29, 0.717) is 11.3 Å². The maximum absolute atomic E-state index is 11.1. The van der Waals surface area contributed by atoms with E-state index in [4.69, 9.17) is 4.74 Å². The van der Waals surface area contributed by atoms with Gasteiger partial charge in [-0.15, -0.1) is 0 Å². The fraction of sp³-hybridized carbons (Fsp3) is 0.222. The van der Waals surface area contributed by atoms with Crippen LogP contribution in [0, 0.1) is 0 Å². The highest BCUT2D eigenvalue weighted by Crippen LogP contribution is 2.25. The monoisotopic (exact) mass is 181 g/mol. The fourth-order valence-electron chi connectivity index (χ4n) is 0.976. The van der Waals surface area contributed by atoms with Gasteiger partial charge in [-0.2, -0.15) is 0 Å². The average molecular weight is 181 g/mol. The van der Waals surface area contributed by atoms with E-state index in [1.807, 2.05) is 0 Å². The van der Waals surface area contributed by atoms with Gasteiger partial charge in [-0.05, 0) is 18.2 Å². The molecule has 0 heterocycles. The molecule has 13 heavy (non-hydrogen) atoms. The molecule has 2 N–H and O–H groups in total.